The van der Waals surface area contributed by atoms with Crippen molar-refractivity contribution in [1.82, 2.24) is 25.3 Å². The number of nitrogens with one attached hydrogen (secondary N) is 1. The van der Waals surface area contributed by atoms with E-state index in [0.717, 1.165) is 5.56 Å². The van der Waals surface area contributed by atoms with Crippen molar-refractivity contribution in [2.45, 2.75) is 46.1 Å². The number of nitrogens with zero attached hydrogens (tertiary/aromatic N) is 4. The van der Waals surface area contributed by atoms with E-state index in [2.05, 4.69) is 20.4 Å². The molecule has 8 heteroatoms. The van der Waals surface area contributed by atoms with E-state index in [1.807, 2.05) is 33.8 Å². The van der Waals surface area contributed by atoms with Crippen LogP contribution in [0.2, 0.25) is 0 Å². The standard InChI is InChI=1S/C18H25N5O3/c1-5-23(12-14(24)21-18(2,3)4)16(25)9-8-15-20-17(22-26-15)13-7-6-10-19-11-13/h6-7,10-11H,5,8-9,12H2,1-4H3,(H,21,24). The topological polar surface area (TPSA) is 101 Å². The van der Waals surface area contributed by atoms with Crippen LogP contribution in [0.4, 0.5) is 0 Å². The normalized spacial score (nSPS) is 11.2. The fraction of sp³-hybridized carbons (Fsp3) is 0.500. The Morgan fingerprint density at radius 2 is 2.08 bits per heavy atom. The summed E-state index contributed by atoms with van der Waals surface area (Å²) < 4.78 is 5.19. The van der Waals surface area contributed by atoms with Crippen molar-refractivity contribution >= 4 is 11.8 Å². The number of pyridine rings is 1. The molecule has 0 saturated carbocycles. The van der Waals surface area contributed by atoms with Crippen molar-refractivity contribution in [1.29, 1.82) is 0 Å². The summed E-state index contributed by atoms with van der Waals surface area (Å²) in [5.41, 5.74) is 0.425. The summed E-state index contributed by atoms with van der Waals surface area (Å²) in [6.07, 6.45) is 3.83. The number of aryl methyl sites for hydroxylation is 1. The van der Waals surface area contributed by atoms with E-state index in [-0.39, 0.29) is 30.3 Å². The SMILES string of the molecule is CCN(CC(=O)NC(C)(C)C)C(=O)CCc1nc(-c2cccnc2)no1. The summed E-state index contributed by atoms with van der Waals surface area (Å²) in [6, 6.07) is 3.62. The van der Waals surface area contributed by atoms with Crippen molar-refractivity contribution in [3.05, 3.63) is 30.4 Å². The summed E-state index contributed by atoms with van der Waals surface area (Å²) >= 11 is 0. The van der Waals surface area contributed by atoms with Crippen LogP contribution < -0.4 is 5.32 Å². The molecular formula is C18H25N5O3. The van der Waals surface area contributed by atoms with E-state index < -0.39 is 0 Å². The Hall–Kier alpha value is -2.77. The lowest BCUT2D eigenvalue weighted by Gasteiger charge is -2.25. The molecule has 2 heterocycles. The first-order chi connectivity index (χ1) is 12.3. The Bertz CT molecular complexity index is 737. The van der Waals surface area contributed by atoms with Crippen LogP contribution in [0.5, 0.6) is 0 Å². The third-order valence-corrected chi connectivity index (χ3v) is 3.52. The molecule has 0 radical (unpaired) electrons. The molecule has 0 fully saturated rings. The first kappa shape index (κ1) is 19.6. The second-order valence-corrected chi connectivity index (χ2v) is 6.96. The first-order valence-corrected chi connectivity index (χ1v) is 8.60. The minimum atomic E-state index is -0.327. The van der Waals surface area contributed by atoms with Gasteiger partial charge in [0, 0.05) is 42.9 Å². The number of rotatable bonds is 7. The second kappa shape index (κ2) is 8.55. The highest BCUT2D eigenvalue weighted by atomic mass is 16.5. The smallest absolute Gasteiger partial charge is 0.240 e. The van der Waals surface area contributed by atoms with Crippen molar-refractivity contribution in [3.63, 3.8) is 0 Å². The molecule has 140 valence electrons. The van der Waals surface area contributed by atoms with Gasteiger partial charge in [0.25, 0.3) is 0 Å². The Labute approximate surface area is 153 Å². The van der Waals surface area contributed by atoms with Gasteiger partial charge in [0.1, 0.15) is 0 Å². The van der Waals surface area contributed by atoms with Gasteiger partial charge in [-0.3, -0.25) is 14.6 Å². The molecule has 2 aromatic rings. The zero-order valence-corrected chi connectivity index (χ0v) is 15.7. The highest BCUT2D eigenvalue weighted by Gasteiger charge is 2.20. The van der Waals surface area contributed by atoms with Crippen LogP contribution in [0, 0.1) is 0 Å². The molecule has 8 nitrogen and oxygen atoms in total. The maximum atomic E-state index is 12.4. The number of likely N-dealkylation sites (N-methyl/N-ethyl adjacent to an activating group) is 1. The molecule has 0 aliphatic heterocycles. The van der Waals surface area contributed by atoms with Gasteiger partial charge in [0.05, 0.1) is 6.54 Å². The van der Waals surface area contributed by atoms with Gasteiger partial charge in [-0.15, -0.1) is 0 Å². The molecule has 0 bridgehead atoms. The van der Waals surface area contributed by atoms with Crippen LogP contribution in [0.1, 0.15) is 40.0 Å². The average molecular weight is 359 g/mol. The maximum Gasteiger partial charge on any atom is 0.240 e. The summed E-state index contributed by atoms with van der Waals surface area (Å²) in [6.45, 7) is 8.04. The van der Waals surface area contributed by atoms with Gasteiger partial charge in [-0.2, -0.15) is 4.98 Å². The molecule has 2 amide bonds. The average Bonchev–Trinajstić information content (AvgIpc) is 3.06. The van der Waals surface area contributed by atoms with Crippen LogP contribution >= 0.6 is 0 Å². The lowest BCUT2D eigenvalue weighted by molar-refractivity contribution is -0.136. The molecular weight excluding hydrogens is 334 g/mol. The maximum absolute atomic E-state index is 12.4. The van der Waals surface area contributed by atoms with Gasteiger partial charge in [0.15, 0.2) is 0 Å². The monoisotopic (exact) mass is 359 g/mol. The second-order valence-electron chi connectivity index (χ2n) is 6.96. The van der Waals surface area contributed by atoms with Gasteiger partial charge in [0.2, 0.25) is 23.5 Å². The zero-order valence-electron chi connectivity index (χ0n) is 15.7. The zero-order chi connectivity index (χ0) is 19.2. The molecule has 26 heavy (non-hydrogen) atoms. The van der Waals surface area contributed by atoms with Crippen LogP contribution in [0.3, 0.4) is 0 Å². The molecule has 0 unspecified atom stereocenters. The number of hydrogen-bond acceptors (Lipinski definition) is 6. The fourth-order valence-corrected chi connectivity index (χ4v) is 2.35. The minimum Gasteiger partial charge on any atom is -0.350 e. The van der Waals surface area contributed by atoms with Crippen LogP contribution in [0.25, 0.3) is 11.4 Å². The summed E-state index contributed by atoms with van der Waals surface area (Å²) in [5.74, 6) is 0.520. The minimum absolute atomic E-state index is 0.0391. The highest BCUT2D eigenvalue weighted by molar-refractivity contribution is 5.85. The third kappa shape index (κ3) is 5.94. The third-order valence-electron chi connectivity index (χ3n) is 3.52. The number of hydrogen-bond donors (Lipinski definition) is 1. The van der Waals surface area contributed by atoms with Gasteiger partial charge in [-0.25, -0.2) is 0 Å². The van der Waals surface area contributed by atoms with Gasteiger partial charge in [-0.05, 0) is 39.8 Å². The van der Waals surface area contributed by atoms with E-state index in [1.165, 1.54) is 4.90 Å². The van der Waals surface area contributed by atoms with Crippen LogP contribution in [-0.4, -0.2) is 50.5 Å². The lowest BCUT2D eigenvalue weighted by Crippen LogP contribution is -2.47. The molecule has 0 aliphatic rings. The molecule has 0 spiro atoms. The van der Waals surface area contributed by atoms with Crippen molar-refractivity contribution in [2.24, 2.45) is 0 Å². The van der Waals surface area contributed by atoms with Crippen molar-refractivity contribution in [3.8, 4) is 11.4 Å². The number of aromatic nitrogens is 3. The molecule has 0 aliphatic carbocycles. The first-order valence-electron chi connectivity index (χ1n) is 8.60. The van der Waals surface area contributed by atoms with Crippen molar-refractivity contribution < 1.29 is 14.1 Å². The Morgan fingerprint density at radius 3 is 2.69 bits per heavy atom. The van der Waals surface area contributed by atoms with E-state index in [4.69, 9.17) is 4.52 Å². The van der Waals surface area contributed by atoms with Gasteiger partial charge >= 0.3 is 0 Å². The Balaban J connectivity index is 1.89. The number of carbonyl (C=O) groups is 2. The fourth-order valence-electron chi connectivity index (χ4n) is 2.35. The predicted octanol–water partition coefficient (Wildman–Crippen LogP) is 1.83. The van der Waals surface area contributed by atoms with Crippen LogP contribution in [-0.2, 0) is 16.0 Å². The van der Waals surface area contributed by atoms with Gasteiger partial charge < -0.3 is 14.7 Å². The largest absolute Gasteiger partial charge is 0.350 e. The molecule has 0 aromatic carbocycles. The van der Waals surface area contributed by atoms with E-state index in [0.29, 0.717) is 24.7 Å². The molecule has 1 N–H and O–H groups in total. The van der Waals surface area contributed by atoms with E-state index in [1.54, 1.807) is 18.5 Å². The molecule has 2 aromatic heterocycles. The molecule has 0 atom stereocenters. The van der Waals surface area contributed by atoms with Crippen LogP contribution in [0.15, 0.2) is 29.0 Å². The highest BCUT2D eigenvalue weighted by Crippen LogP contribution is 2.14. The van der Waals surface area contributed by atoms with E-state index >= 15 is 0 Å². The summed E-state index contributed by atoms with van der Waals surface area (Å²) in [7, 11) is 0. The summed E-state index contributed by atoms with van der Waals surface area (Å²) in [5, 5.41) is 6.76. The number of carbonyl (C=O) groups excluding carboxylic acids is 2. The van der Waals surface area contributed by atoms with Crippen molar-refractivity contribution in [2.75, 3.05) is 13.1 Å². The van der Waals surface area contributed by atoms with E-state index in [9.17, 15) is 9.59 Å². The Morgan fingerprint density at radius 1 is 1.31 bits per heavy atom. The molecule has 0 saturated heterocycles. The summed E-state index contributed by atoms with van der Waals surface area (Å²) in [4.78, 5) is 34.2. The number of amides is 2. The van der Waals surface area contributed by atoms with Gasteiger partial charge in [-0.1, -0.05) is 5.16 Å². The predicted molar refractivity (Wildman–Crippen MR) is 96.0 cm³/mol. The molecule has 2 rings (SSSR count). The lowest BCUT2D eigenvalue weighted by atomic mass is 10.1. The quantitative estimate of drug-likeness (QED) is 0.809. The Kier molecular flexibility index (Phi) is 6.43.